The molecule has 0 aliphatic carbocycles. The molecule has 0 spiro atoms. The lowest BCUT2D eigenvalue weighted by molar-refractivity contribution is 0.427. The maximum absolute atomic E-state index is 6.79. The van der Waals surface area contributed by atoms with Gasteiger partial charge in [0, 0.05) is 6.42 Å². The molecular formula is C24H24OSi. The van der Waals surface area contributed by atoms with Crippen LogP contribution >= 0.6 is 0 Å². The Labute approximate surface area is 157 Å². The van der Waals surface area contributed by atoms with Crippen LogP contribution in [0.15, 0.2) is 115 Å². The van der Waals surface area contributed by atoms with Gasteiger partial charge in [-0.15, -0.1) is 0 Å². The first-order valence-corrected chi connectivity index (χ1v) is 10.7. The first kappa shape index (κ1) is 18.0. The second kappa shape index (κ2) is 8.02. The van der Waals surface area contributed by atoms with Crippen molar-refractivity contribution in [3.8, 4) is 0 Å². The lowest BCUT2D eigenvalue weighted by atomic mass is 10.2. The van der Waals surface area contributed by atoms with Crippen molar-refractivity contribution in [3.05, 3.63) is 115 Å². The fourth-order valence-electron chi connectivity index (χ4n) is 3.28. The van der Waals surface area contributed by atoms with Crippen LogP contribution in [-0.2, 0) is 4.43 Å². The predicted octanol–water partition coefficient (Wildman–Crippen LogP) is 4.15. The molecule has 0 N–H and O–H groups in total. The third kappa shape index (κ3) is 3.71. The molecule has 0 saturated heterocycles. The Morgan fingerprint density at radius 1 is 0.692 bits per heavy atom. The fourth-order valence-corrected chi connectivity index (χ4v) is 7.13. The summed E-state index contributed by atoms with van der Waals surface area (Å²) >= 11 is 0. The quantitative estimate of drug-likeness (QED) is 0.267. The van der Waals surface area contributed by atoms with E-state index in [4.69, 9.17) is 4.43 Å². The maximum atomic E-state index is 6.79. The van der Waals surface area contributed by atoms with Gasteiger partial charge in [-0.25, -0.2) is 0 Å². The Morgan fingerprint density at radius 2 is 1.04 bits per heavy atom. The smallest absolute Gasteiger partial charge is 0.346 e. The van der Waals surface area contributed by atoms with Crippen LogP contribution in [0.1, 0.15) is 13.3 Å². The number of rotatable bonds is 7. The zero-order valence-electron chi connectivity index (χ0n) is 15.2. The summed E-state index contributed by atoms with van der Waals surface area (Å²) in [6, 6.07) is 31.6. The molecular weight excluding hydrogens is 332 g/mol. The lowest BCUT2D eigenvalue weighted by Gasteiger charge is -2.34. The molecule has 0 unspecified atom stereocenters. The molecule has 0 radical (unpaired) electrons. The largest absolute Gasteiger partial charge is 0.534 e. The summed E-state index contributed by atoms with van der Waals surface area (Å²) in [4.78, 5) is 0. The van der Waals surface area contributed by atoms with E-state index in [1.165, 1.54) is 15.6 Å². The molecule has 0 bridgehead atoms. The Balaban J connectivity index is 2.24. The Morgan fingerprint density at radius 3 is 1.35 bits per heavy atom. The third-order valence-electron chi connectivity index (χ3n) is 4.34. The van der Waals surface area contributed by atoms with Gasteiger partial charge in [0.2, 0.25) is 0 Å². The Bertz CT molecular complexity index is 773. The fraction of sp³-hybridized carbons (Fsp3) is 0.0833. The summed E-state index contributed by atoms with van der Waals surface area (Å²) in [6.07, 6.45) is 0.668. The van der Waals surface area contributed by atoms with Gasteiger partial charge in [0.1, 0.15) is 0 Å². The number of benzene rings is 3. The standard InChI is InChI=1S/C24H24OSi/c1-20(2)19-21(3)25-26(22-13-7-4-8-14-22,23-15-9-5-10-16-23)24-17-11-6-12-18-24/h4-18H,1,3,19H2,2H3. The Hall–Kier alpha value is -2.84. The van der Waals surface area contributed by atoms with Gasteiger partial charge in [-0.2, -0.15) is 0 Å². The van der Waals surface area contributed by atoms with Crippen molar-refractivity contribution in [1.29, 1.82) is 0 Å². The van der Waals surface area contributed by atoms with Gasteiger partial charge < -0.3 is 4.43 Å². The van der Waals surface area contributed by atoms with Gasteiger partial charge in [0.05, 0.1) is 5.76 Å². The second-order valence-corrected chi connectivity index (χ2v) is 9.85. The van der Waals surface area contributed by atoms with Crippen LogP contribution in [0, 0.1) is 0 Å². The summed E-state index contributed by atoms with van der Waals surface area (Å²) < 4.78 is 6.79. The van der Waals surface area contributed by atoms with Crippen LogP contribution in [0.2, 0.25) is 0 Å². The predicted molar refractivity (Wildman–Crippen MR) is 114 cm³/mol. The van der Waals surface area contributed by atoms with E-state index in [9.17, 15) is 0 Å². The minimum atomic E-state index is -2.69. The number of allylic oxidation sites excluding steroid dienone is 1. The van der Waals surface area contributed by atoms with E-state index in [-0.39, 0.29) is 0 Å². The topological polar surface area (TPSA) is 9.23 Å². The van der Waals surface area contributed by atoms with E-state index in [2.05, 4.69) is 86.0 Å². The molecule has 3 rings (SSSR count). The molecule has 3 aromatic rings. The summed E-state index contributed by atoms with van der Waals surface area (Å²) in [7, 11) is -2.69. The van der Waals surface area contributed by atoms with Crippen molar-refractivity contribution in [2.24, 2.45) is 0 Å². The minimum Gasteiger partial charge on any atom is -0.534 e. The lowest BCUT2D eigenvalue weighted by Crippen LogP contribution is -2.69. The van der Waals surface area contributed by atoms with Gasteiger partial charge in [-0.05, 0) is 22.5 Å². The molecule has 26 heavy (non-hydrogen) atoms. The van der Waals surface area contributed by atoms with Crippen molar-refractivity contribution >= 4 is 23.9 Å². The van der Waals surface area contributed by atoms with E-state index in [1.54, 1.807) is 0 Å². The monoisotopic (exact) mass is 356 g/mol. The molecule has 1 nitrogen and oxygen atoms in total. The van der Waals surface area contributed by atoms with Crippen LogP contribution in [0.25, 0.3) is 0 Å². The van der Waals surface area contributed by atoms with E-state index < -0.39 is 8.32 Å². The maximum Gasteiger partial charge on any atom is 0.346 e. The van der Waals surface area contributed by atoms with Gasteiger partial charge in [0.15, 0.2) is 0 Å². The first-order chi connectivity index (χ1) is 12.6. The molecule has 130 valence electrons. The molecule has 0 amide bonds. The highest BCUT2D eigenvalue weighted by atomic mass is 28.4. The molecule has 0 fully saturated rings. The number of hydrogen-bond acceptors (Lipinski definition) is 1. The minimum absolute atomic E-state index is 0.668. The summed E-state index contributed by atoms with van der Waals surface area (Å²) in [5.41, 5.74) is 1.05. The second-order valence-electron chi connectivity index (χ2n) is 6.55. The van der Waals surface area contributed by atoms with Crippen LogP contribution in [0.4, 0.5) is 0 Å². The summed E-state index contributed by atoms with van der Waals surface area (Å²) in [5.74, 6) is 0.765. The van der Waals surface area contributed by atoms with E-state index >= 15 is 0 Å². The van der Waals surface area contributed by atoms with E-state index in [1.807, 2.05) is 25.1 Å². The van der Waals surface area contributed by atoms with E-state index in [0.29, 0.717) is 6.42 Å². The SMILES string of the molecule is C=C(C)CC(=C)O[Si](c1ccccc1)(c1ccccc1)c1ccccc1. The molecule has 0 atom stereocenters. The highest BCUT2D eigenvalue weighted by Gasteiger charge is 2.43. The van der Waals surface area contributed by atoms with Crippen LogP contribution in [-0.4, -0.2) is 8.32 Å². The average Bonchev–Trinajstić information content (AvgIpc) is 2.67. The van der Waals surface area contributed by atoms with Crippen LogP contribution < -0.4 is 15.6 Å². The van der Waals surface area contributed by atoms with Crippen LogP contribution in [0.3, 0.4) is 0 Å². The van der Waals surface area contributed by atoms with Crippen molar-refractivity contribution in [3.63, 3.8) is 0 Å². The highest BCUT2D eigenvalue weighted by Crippen LogP contribution is 2.17. The van der Waals surface area contributed by atoms with Crippen molar-refractivity contribution in [2.45, 2.75) is 13.3 Å². The molecule has 0 saturated carbocycles. The normalized spacial score (nSPS) is 11.0. The highest BCUT2D eigenvalue weighted by molar-refractivity contribution is 7.07. The average molecular weight is 357 g/mol. The Kier molecular flexibility index (Phi) is 5.54. The van der Waals surface area contributed by atoms with Crippen molar-refractivity contribution < 1.29 is 4.43 Å². The molecule has 3 aromatic carbocycles. The molecule has 0 aliphatic heterocycles. The van der Waals surface area contributed by atoms with E-state index in [0.717, 1.165) is 11.3 Å². The first-order valence-electron chi connectivity index (χ1n) is 8.80. The molecule has 0 heterocycles. The van der Waals surface area contributed by atoms with Gasteiger partial charge in [0.25, 0.3) is 0 Å². The molecule has 0 aliphatic rings. The van der Waals surface area contributed by atoms with Gasteiger partial charge >= 0.3 is 8.32 Å². The van der Waals surface area contributed by atoms with Gasteiger partial charge in [-0.3, -0.25) is 0 Å². The zero-order chi connectivity index (χ0) is 18.4. The van der Waals surface area contributed by atoms with Crippen molar-refractivity contribution in [1.82, 2.24) is 0 Å². The summed E-state index contributed by atoms with van der Waals surface area (Å²) in [6.45, 7) is 10.2. The summed E-state index contributed by atoms with van der Waals surface area (Å²) in [5, 5.41) is 3.63. The molecule has 0 aromatic heterocycles. The van der Waals surface area contributed by atoms with Crippen LogP contribution in [0.5, 0.6) is 0 Å². The number of hydrogen-bond donors (Lipinski definition) is 0. The van der Waals surface area contributed by atoms with Gasteiger partial charge in [-0.1, -0.05) is 110 Å². The third-order valence-corrected chi connectivity index (χ3v) is 8.37. The van der Waals surface area contributed by atoms with Crippen molar-refractivity contribution in [2.75, 3.05) is 0 Å². The zero-order valence-corrected chi connectivity index (χ0v) is 16.2. The molecule has 2 heteroatoms.